The minimum Gasteiger partial charge on any atom is -0.355 e. The second-order valence-corrected chi connectivity index (χ2v) is 4.12. The van der Waals surface area contributed by atoms with Gasteiger partial charge in [-0.1, -0.05) is 0 Å². The van der Waals surface area contributed by atoms with Crippen molar-refractivity contribution >= 4 is 22.8 Å². The second-order valence-electron chi connectivity index (χ2n) is 4.12. The summed E-state index contributed by atoms with van der Waals surface area (Å²) in [5.74, 6) is 0.907. The summed E-state index contributed by atoms with van der Waals surface area (Å²) in [6.07, 6.45) is 3.17. The second kappa shape index (κ2) is 5.12. The first-order chi connectivity index (χ1) is 8.67. The first-order valence-electron chi connectivity index (χ1n) is 6.07. The van der Waals surface area contributed by atoms with Crippen molar-refractivity contribution in [3.63, 3.8) is 0 Å². The van der Waals surface area contributed by atoms with Gasteiger partial charge in [-0.3, -0.25) is 4.79 Å². The Hall–Kier alpha value is -1.98. The van der Waals surface area contributed by atoms with E-state index in [9.17, 15) is 4.79 Å². The Kier molecular flexibility index (Phi) is 3.55. The molecule has 0 aliphatic rings. The number of carbonyl (C=O) groups is 1. The molecule has 6 nitrogen and oxygen atoms in total. The minimum atomic E-state index is 0.0808. The molecule has 2 rings (SSSR count). The zero-order chi connectivity index (χ0) is 13.1. The van der Waals surface area contributed by atoms with Crippen LogP contribution in [0.1, 0.15) is 20.8 Å². The molecular weight excluding hydrogens is 230 g/mol. The van der Waals surface area contributed by atoms with Crippen LogP contribution in [0.5, 0.6) is 0 Å². The molecule has 96 valence electrons. The van der Waals surface area contributed by atoms with Crippen molar-refractivity contribution in [2.24, 2.45) is 0 Å². The molecule has 0 spiro atoms. The van der Waals surface area contributed by atoms with Gasteiger partial charge < -0.3 is 9.47 Å². The van der Waals surface area contributed by atoms with Crippen molar-refractivity contribution < 1.29 is 4.79 Å². The molecule has 0 N–H and O–H groups in total. The first kappa shape index (κ1) is 12.5. The molecule has 18 heavy (non-hydrogen) atoms. The summed E-state index contributed by atoms with van der Waals surface area (Å²) in [5, 5.41) is 0. The van der Waals surface area contributed by atoms with Crippen LogP contribution < -0.4 is 4.90 Å². The van der Waals surface area contributed by atoms with Crippen molar-refractivity contribution in [3.05, 3.63) is 12.7 Å². The summed E-state index contributed by atoms with van der Waals surface area (Å²) in [6.45, 7) is 7.72. The molecular formula is C12H17N5O. The van der Waals surface area contributed by atoms with E-state index in [1.165, 1.54) is 6.33 Å². The number of carbonyl (C=O) groups excluding carboxylic acids is 1. The summed E-state index contributed by atoms with van der Waals surface area (Å²) >= 11 is 0. The number of anilines is 1. The van der Waals surface area contributed by atoms with E-state index >= 15 is 0 Å². The molecule has 0 aliphatic carbocycles. The van der Waals surface area contributed by atoms with Gasteiger partial charge in [-0.05, 0) is 20.8 Å². The number of nitrogens with zero attached hydrogens (tertiary/aromatic N) is 5. The van der Waals surface area contributed by atoms with E-state index in [2.05, 4.69) is 33.7 Å². The Bertz CT molecular complexity index is 559. The highest BCUT2D eigenvalue weighted by Gasteiger charge is 2.14. The number of hydrogen-bond acceptors (Lipinski definition) is 5. The van der Waals surface area contributed by atoms with E-state index in [-0.39, 0.29) is 5.78 Å². The van der Waals surface area contributed by atoms with Gasteiger partial charge in [0.25, 0.3) is 0 Å². The number of aromatic nitrogens is 4. The fourth-order valence-electron chi connectivity index (χ4n) is 1.98. The highest BCUT2D eigenvalue weighted by atomic mass is 16.1. The first-order valence-corrected chi connectivity index (χ1v) is 6.07. The van der Waals surface area contributed by atoms with Gasteiger partial charge in [-0.2, -0.15) is 0 Å². The third kappa shape index (κ3) is 2.18. The molecule has 2 heterocycles. The van der Waals surface area contributed by atoms with Crippen LogP contribution in [0, 0.1) is 0 Å². The Labute approximate surface area is 106 Å². The smallest absolute Gasteiger partial charge is 0.165 e. The molecule has 0 saturated carbocycles. The summed E-state index contributed by atoms with van der Waals surface area (Å²) < 4.78 is 1.76. The van der Waals surface area contributed by atoms with Gasteiger partial charge in [0, 0.05) is 13.1 Å². The molecule has 2 aromatic heterocycles. The van der Waals surface area contributed by atoms with Gasteiger partial charge >= 0.3 is 0 Å². The van der Waals surface area contributed by atoms with E-state index in [0.29, 0.717) is 12.2 Å². The molecule has 2 aromatic rings. The van der Waals surface area contributed by atoms with Crippen molar-refractivity contribution in [2.45, 2.75) is 27.3 Å². The summed E-state index contributed by atoms with van der Waals surface area (Å²) in [4.78, 5) is 26.1. The summed E-state index contributed by atoms with van der Waals surface area (Å²) in [6, 6.07) is 0. The quantitative estimate of drug-likeness (QED) is 0.796. The highest BCUT2D eigenvalue weighted by molar-refractivity contribution is 5.85. The number of fused-ring (bicyclic) bond motifs is 1. The topological polar surface area (TPSA) is 63.9 Å². The molecule has 0 atom stereocenters. The predicted octanol–water partition coefficient (Wildman–Crippen LogP) is 1.26. The fourth-order valence-corrected chi connectivity index (χ4v) is 1.98. The van der Waals surface area contributed by atoms with Gasteiger partial charge in [0.1, 0.15) is 12.1 Å². The molecule has 0 unspecified atom stereocenters. The van der Waals surface area contributed by atoms with Crippen molar-refractivity contribution in [1.82, 2.24) is 19.5 Å². The van der Waals surface area contributed by atoms with Gasteiger partial charge in [0.15, 0.2) is 17.0 Å². The maximum absolute atomic E-state index is 11.2. The van der Waals surface area contributed by atoms with Crippen LogP contribution in [-0.4, -0.2) is 38.4 Å². The number of imidazole rings is 1. The van der Waals surface area contributed by atoms with Gasteiger partial charge in [-0.15, -0.1) is 0 Å². The Balaban J connectivity index is 2.51. The molecule has 6 heteroatoms. The maximum atomic E-state index is 11.2. The van der Waals surface area contributed by atoms with E-state index in [1.54, 1.807) is 17.8 Å². The van der Waals surface area contributed by atoms with Crippen molar-refractivity contribution in [3.8, 4) is 0 Å². The van der Waals surface area contributed by atoms with Crippen LogP contribution in [0.2, 0.25) is 0 Å². The lowest BCUT2D eigenvalue weighted by atomic mass is 10.4. The highest BCUT2D eigenvalue weighted by Crippen LogP contribution is 2.20. The average molecular weight is 247 g/mol. The zero-order valence-corrected chi connectivity index (χ0v) is 10.9. The Morgan fingerprint density at radius 2 is 2.00 bits per heavy atom. The number of rotatable bonds is 5. The van der Waals surface area contributed by atoms with Crippen molar-refractivity contribution in [1.29, 1.82) is 0 Å². The molecule has 0 saturated heterocycles. The normalized spacial score (nSPS) is 10.8. The lowest BCUT2D eigenvalue weighted by Crippen LogP contribution is -2.23. The summed E-state index contributed by atoms with van der Waals surface area (Å²) in [7, 11) is 0. The van der Waals surface area contributed by atoms with Crippen LogP contribution in [0.4, 0.5) is 5.82 Å². The van der Waals surface area contributed by atoms with Gasteiger partial charge in [0.05, 0.1) is 12.9 Å². The lowest BCUT2D eigenvalue weighted by molar-refractivity contribution is -0.117. The molecule has 0 amide bonds. The molecule has 0 aliphatic heterocycles. The predicted molar refractivity (Wildman–Crippen MR) is 69.6 cm³/mol. The molecule has 0 aromatic carbocycles. The largest absolute Gasteiger partial charge is 0.355 e. The Morgan fingerprint density at radius 1 is 1.28 bits per heavy atom. The monoisotopic (exact) mass is 247 g/mol. The SMILES string of the molecule is CCN(CC)c1ncnc2c1ncn2CC(C)=O. The van der Waals surface area contributed by atoms with E-state index in [0.717, 1.165) is 24.4 Å². The lowest BCUT2D eigenvalue weighted by Gasteiger charge is -2.19. The standard InChI is InChI=1S/C12H17N5O/c1-4-16(5-2)11-10-12(14-7-13-11)17(8-15-10)6-9(3)18/h7-8H,4-6H2,1-3H3. The van der Waals surface area contributed by atoms with E-state index in [4.69, 9.17) is 0 Å². The van der Waals surface area contributed by atoms with Crippen LogP contribution in [0.25, 0.3) is 11.2 Å². The zero-order valence-electron chi connectivity index (χ0n) is 10.9. The van der Waals surface area contributed by atoms with Crippen LogP contribution in [0.15, 0.2) is 12.7 Å². The fraction of sp³-hybridized carbons (Fsp3) is 0.500. The van der Waals surface area contributed by atoms with Gasteiger partial charge in [0.2, 0.25) is 0 Å². The van der Waals surface area contributed by atoms with Gasteiger partial charge in [-0.25, -0.2) is 15.0 Å². The third-order valence-electron chi connectivity index (χ3n) is 2.84. The molecule has 0 bridgehead atoms. The average Bonchev–Trinajstić information content (AvgIpc) is 2.74. The molecule has 0 radical (unpaired) electrons. The molecule has 0 fully saturated rings. The number of Topliss-reactive ketones (excluding diaryl/α,β-unsaturated/α-hetero) is 1. The Morgan fingerprint density at radius 3 is 2.61 bits per heavy atom. The third-order valence-corrected chi connectivity index (χ3v) is 2.84. The van der Waals surface area contributed by atoms with Crippen LogP contribution in [-0.2, 0) is 11.3 Å². The summed E-state index contributed by atoms with van der Waals surface area (Å²) in [5.41, 5.74) is 1.46. The van der Waals surface area contributed by atoms with Crippen LogP contribution in [0.3, 0.4) is 0 Å². The van der Waals surface area contributed by atoms with Crippen LogP contribution >= 0.6 is 0 Å². The van der Waals surface area contributed by atoms with E-state index < -0.39 is 0 Å². The van der Waals surface area contributed by atoms with E-state index in [1.807, 2.05) is 0 Å². The number of ketones is 1. The van der Waals surface area contributed by atoms with Crippen molar-refractivity contribution in [2.75, 3.05) is 18.0 Å². The maximum Gasteiger partial charge on any atom is 0.165 e. The number of hydrogen-bond donors (Lipinski definition) is 0. The minimum absolute atomic E-state index is 0.0808.